The van der Waals surface area contributed by atoms with Crippen LogP contribution in [0, 0.1) is 6.92 Å². The summed E-state index contributed by atoms with van der Waals surface area (Å²) in [6.07, 6.45) is 2.04. The van der Waals surface area contributed by atoms with Crippen molar-refractivity contribution in [2.24, 2.45) is 0 Å². The molecule has 36 heavy (non-hydrogen) atoms. The molecule has 0 unspecified atom stereocenters. The highest BCUT2D eigenvalue weighted by Gasteiger charge is 2.12. The van der Waals surface area contributed by atoms with Gasteiger partial charge in [-0.1, -0.05) is 72.8 Å². The van der Waals surface area contributed by atoms with Crippen molar-refractivity contribution in [1.82, 2.24) is 0 Å². The third kappa shape index (κ3) is 5.50. The molecule has 0 N–H and O–H groups in total. The van der Waals surface area contributed by atoms with Gasteiger partial charge in [0.05, 0.1) is 0 Å². The Hall–Kier alpha value is -4.30. The first-order chi connectivity index (χ1) is 17.7. The molecule has 0 aliphatic carbocycles. The highest BCUT2D eigenvalue weighted by molar-refractivity contribution is 5.76. The number of anilines is 5. The van der Waals surface area contributed by atoms with Gasteiger partial charge < -0.3 is 9.80 Å². The molecule has 0 aliphatic rings. The molecule has 0 aromatic heterocycles. The second kappa shape index (κ2) is 11.0. The van der Waals surface area contributed by atoms with Gasteiger partial charge in [0.15, 0.2) is 0 Å². The number of aryl methyl sites for hydroxylation is 3. The Kier molecular flexibility index (Phi) is 7.14. The van der Waals surface area contributed by atoms with Gasteiger partial charge in [-0.25, -0.2) is 0 Å². The van der Waals surface area contributed by atoms with E-state index < -0.39 is 0 Å². The number of nitrogens with zero attached hydrogens (tertiary/aromatic N) is 2. The van der Waals surface area contributed by atoms with Gasteiger partial charge in [0.25, 0.3) is 0 Å². The minimum absolute atomic E-state index is 1.02. The molecule has 5 rings (SSSR count). The molecule has 0 fully saturated rings. The van der Waals surface area contributed by atoms with E-state index in [-0.39, 0.29) is 0 Å². The zero-order chi connectivity index (χ0) is 24.7. The molecule has 0 saturated carbocycles. The van der Waals surface area contributed by atoms with Crippen LogP contribution in [0.25, 0.3) is 0 Å². The fourth-order valence-electron chi connectivity index (χ4n) is 4.58. The number of hydrogen-bond acceptors (Lipinski definition) is 2. The number of rotatable bonds is 8. The Labute approximate surface area is 215 Å². The van der Waals surface area contributed by atoms with Crippen molar-refractivity contribution in [3.63, 3.8) is 0 Å². The smallest absolute Gasteiger partial charge is 0.0464 e. The van der Waals surface area contributed by atoms with Gasteiger partial charge in [-0.2, -0.15) is 0 Å². The topological polar surface area (TPSA) is 6.48 Å². The Balaban J connectivity index is 1.28. The lowest BCUT2D eigenvalue weighted by atomic mass is 10.0. The van der Waals surface area contributed by atoms with Gasteiger partial charge in [-0.15, -0.1) is 0 Å². The van der Waals surface area contributed by atoms with Crippen molar-refractivity contribution in [2.75, 3.05) is 16.8 Å². The fourth-order valence-corrected chi connectivity index (χ4v) is 4.58. The van der Waals surface area contributed by atoms with Gasteiger partial charge >= 0.3 is 0 Å². The molecule has 5 aromatic carbocycles. The summed E-state index contributed by atoms with van der Waals surface area (Å²) in [4.78, 5) is 4.54. The summed E-state index contributed by atoms with van der Waals surface area (Å²) < 4.78 is 0. The minimum atomic E-state index is 1.02. The first kappa shape index (κ1) is 23.4. The molecule has 0 amide bonds. The summed E-state index contributed by atoms with van der Waals surface area (Å²) in [7, 11) is 2.11. The molecule has 2 heteroatoms. The third-order valence-corrected chi connectivity index (χ3v) is 6.64. The van der Waals surface area contributed by atoms with E-state index in [0.29, 0.717) is 0 Å². The second-order valence-corrected chi connectivity index (χ2v) is 9.24. The van der Waals surface area contributed by atoms with Gasteiger partial charge in [0.2, 0.25) is 0 Å². The first-order valence-electron chi connectivity index (χ1n) is 12.6. The van der Waals surface area contributed by atoms with Crippen LogP contribution in [0.15, 0.2) is 133 Å². The van der Waals surface area contributed by atoms with Crippen LogP contribution in [0.2, 0.25) is 0 Å². The zero-order valence-electron chi connectivity index (χ0n) is 21.0. The van der Waals surface area contributed by atoms with E-state index in [1.54, 1.807) is 0 Å². The van der Waals surface area contributed by atoms with Crippen LogP contribution in [0.1, 0.15) is 16.7 Å². The molecule has 0 heterocycles. The molecular weight excluding hydrogens is 436 g/mol. The monoisotopic (exact) mass is 468 g/mol. The van der Waals surface area contributed by atoms with Crippen LogP contribution in [0.4, 0.5) is 28.4 Å². The molecule has 5 aromatic rings. The highest BCUT2D eigenvalue weighted by Crippen LogP contribution is 2.34. The molecule has 0 aliphatic heterocycles. The van der Waals surface area contributed by atoms with Crippen LogP contribution in [-0.4, -0.2) is 7.05 Å². The molecule has 2 nitrogen and oxygen atoms in total. The van der Waals surface area contributed by atoms with Crippen LogP contribution in [-0.2, 0) is 12.8 Å². The molecule has 0 spiro atoms. The van der Waals surface area contributed by atoms with Crippen LogP contribution < -0.4 is 9.80 Å². The first-order valence-corrected chi connectivity index (χ1v) is 12.6. The summed E-state index contributed by atoms with van der Waals surface area (Å²) in [5.74, 6) is 0. The Morgan fingerprint density at radius 1 is 0.444 bits per heavy atom. The Bertz CT molecular complexity index is 1380. The summed E-state index contributed by atoms with van der Waals surface area (Å²) in [6.45, 7) is 2.14. The van der Waals surface area contributed by atoms with E-state index >= 15 is 0 Å². The SMILES string of the molecule is Cc1cccc(N(c2ccccc2)c2ccc(CCc3ccc(N(C)c4ccccc4)cc3)cc2)c1. The summed E-state index contributed by atoms with van der Waals surface area (Å²) in [6, 6.07) is 47.6. The van der Waals surface area contributed by atoms with E-state index in [0.717, 1.165) is 18.5 Å². The average molecular weight is 469 g/mol. The molecule has 0 saturated heterocycles. The zero-order valence-corrected chi connectivity index (χ0v) is 21.0. The summed E-state index contributed by atoms with van der Waals surface area (Å²) in [5.41, 5.74) is 9.87. The number of benzene rings is 5. The van der Waals surface area contributed by atoms with Gasteiger partial charge in [0, 0.05) is 35.5 Å². The van der Waals surface area contributed by atoms with E-state index in [1.807, 2.05) is 0 Å². The molecule has 0 bridgehead atoms. The van der Waals surface area contributed by atoms with Crippen molar-refractivity contribution in [1.29, 1.82) is 0 Å². The van der Waals surface area contributed by atoms with E-state index in [2.05, 4.69) is 157 Å². The van der Waals surface area contributed by atoms with Gasteiger partial charge in [-0.05, 0) is 97.1 Å². The quantitative estimate of drug-likeness (QED) is 0.224. The third-order valence-electron chi connectivity index (χ3n) is 6.64. The van der Waals surface area contributed by atoms with Gasteiger partial charge in [-0.3, -0.25) is 0 Å². The van der Waals surface area contributed by atoms with Crippen LogP contribution in [0.5, 0.6) is 0 Å². The van der Waals surface area contributed by atoms with Crippen molar-refractivity contribution >= 4 is 28.4 Å². The summed E-state index contributed by atoms with van der Waals surface area (Å²) >= 11 is 0. The Morgan fingerprint density at radius 2 is 0.889 bits per heavy atom. The van der Waals surface area contributed by atoms with Crippen molar-refractivity contribution in [3.05, 3.63) is 150 Å². The predicted octanol–water partition coefficient (Wildman–Crippen LogP) is 9.02. The Morgan fingerprint density at radius 3 is 1.44 bits per heavy atom. The maximum atomic E-state index is 2.32. The number of hydrogen-bond donors (Lipinski definition) is 0. The van der Waals surface area contributed by atoms with E-state index in [9.17, 15) is 0 Å². The lowest BCUT2D eigenvalue weighted by Crippen LogP contribution is -2.10. The van der Waals surface area contributed by atoms with Crippen LogP contribution in [0.3, 0.4) is 0 Å². The van der Waals surface area contributed by atoms with Crippen molar-refractivity contribution in [3.8, 4) is 0 Å². The second-order valence-electron chi connectivity index (χ2n) is 9.24. The molecule has 0 radical (unpaired) electrons. The normalized spacial score (nSPS) is 10.7. The van der Waals surface area contributed by atoms with Crippen molar-refractivity contribution in [2.45, 2.75) is 19.8 Å². The molecule has 0 atom stereocenters. The van der Waals surface area contributed by atoms with Crippen molar-refractivity contribution < 1.29 is 0 Å². The molecule has 178 valence electrons. The van der Waals surface area contributed by atoms with E-state index in [4.69, 9.17) is 0 Å². The highest BCUT2D eigenvalue weighted by atomic mass is 15.1. The molecular formula is C34H32N2. The lowest BCUT2D eigenvalue weighted by Gasteiger charge is -2.26. The fraction of sp³-hybridized carbons (Fsp3) is 0.118. The van der Waals surface area contributed by atoms with E-state index in [1.165, 1.54) is 39.4 Å². The minimum Gasteiger partial charge on any atom is -0.345 e. The predicted molar refractivity (Wildman–Crippen MR) is 154 cm³/mol. The largest absolute Gasteiger partial charge is 0.345 e. The van der Waals surface area contributed by atoms with Gasteiger partial charge in [0.1, 0.15) is 0 Å². The average Bonchev–Trinajstić information content (AvgIpc) is 2.94. The standard InChI is InChI=1S/C34H32N2/c1-27-10-9-15-34(26-27)36(32-13-7-4-8-14-32)33-24-20-29(21-25-33)17-16-28-18-22-31(23-19-28)35(2)30-11-5-3-6-12-30/h3-15,18-26H,16-17H2,1-2H3. The van der Waals surface area contributed by atoms with Crippen LogP contribution >= 0.6 is 0 Å². The maximum absolute atomic E-state index is 2.32. The number of para-hydroxylation sites is 2. The maximum Gasteiger partial charge on any atom is 0.0464 e. The lowest BCUT2D eigenvalue weighted by molar-refractivity contribution is 0.959. The summed E-state index contributed by atoms with van der Waals surface area (Å²) in [5, 5.41) is 0.